The van der Waals surface area contributed by atoms with Gasteiger partial charge >= 0.3 is 0 Å². The van der Waals surface area contributed by atoms with Crippen LogP contribution in [0.3, 0.4) is 0 Å². The van der Waals surface area contributed by atoms with Gasteiger partial charge in [-0.1, -0.05) is 0 Å². The van der Waals surface area contributed by atoms with Gasteiger partial charge in [-0.2, -0.15) is 0 Å². The van der Waals surface area contributed by atoms with Gasteiger partial charge in [-0.15, -0.1) is 0 Å². The number of piperazine rings is 1. The van der Waals surface area contributed by atoms with Crippen molar-refractivity contribution in [3.05, 3.63) is 49.1 Å². The lowest BCUT2D eigenvalue weighted by molar-refractivity contribution is -0.129. The minimum absolute atomic E-state index is 0.113. The van der Waals surface area contributed by atoms with E-state index < -0.39 is 0 Å². The van der Waals surface area contributed by atoms with Crippen LogP contribution in [0.2, 0.25) is 0 Å². The van der Waals surface area contributed by atoms with E-state index in [1.54, 1.807) is 26.4 Å². The lowest BCUT2D eigenvalue weighted by Gasteiger charge is -2.36. The Morgan fingerprint density at radius 2 is 2.03 bits per heavy atom. The zero-order valence-electron chi connectivity index (χ0n) is 20.8. The number of rotatable bonds is 5. The first-order valence-electron chi connectivity index (χ1n) is 12.3. The van der Waals surface area contributed by atoms with Crippen LogP contribution in [0.25, 0.3) is 16.9 Å². The van der Waals surface area contributed by atoms with Crippen molar-refractivity contribution in [1.82, 2.24) is 24.3 Å². The molecule has 1 amide bonds. The molecule has 0 radical (unpaired) electrons. The van der Waals surface area contributed by atoms with Crippen LogP contribution >= 0.6 is 0 Å². The van der Waals surface area contributed by atoms with E-state index in [9.17, 15) is 4.79 Å². The summed E-state index contributed by atoms with van der Waals surface area (Å²) < 4.78 is 13.3. The Bertz CT molecular complexity index is 1460. The molecule has 0 bridgehead atoms. The van der Waals surface area contributed by atoms with Crippen LogP contribution in [0, 0.1) is 0 Å². The number of nitrogens with zero attached hydrogens (tertiary/aromatic N) is 6. The summed E-state index contributed by atoms with van der Waals surface area (Å²) in [6.45, 7) is 5.88. The normalized spacial score (nSPS) is 15.1. The second-order valence-electron chi connectivity index (χ2n) is 8.99. The maximum atomic E-state index is 11.7. The second kappa shape index (κ2) is 9.49. The largest absolute Gasteiger partial charge is 0.495 e. The van der Waals surface area contributed by atoms with Gasteiger partial charge in [-0.3, -0.25) is 4.79 Å². The topological polar surface area (TPSA) is 109 Å². The molecule has 1 saturated heterocycles. The molecule has 0 spiro atoms. The summed E-state index contributed by atoms with van der Waals surface area (Å²) in [5, 5.41) is 6.75. The second-order valence-corrected chi connectivity index (χ2v) is 8.99. The van der Waals surface area contributed by atoms with Crippen LogP contribution in [0.5, 0.6) is 11.6 Å². The molecular weight excluding hydrogens is 472 g/mol. The van der Waals surface area contributed by atoms with Crippen LogP contribution in [0.1, 0.15) is 6.92 Å². The van der Waals surface area contributed by atoms with Gasteiger partial charge < -0.3 is 34.3 Å². The van der Waals surface area contributed by atoms with Crippen LogP contribution in [0.15, 0.2) is 49.1 Å². The van der Waals surface area contributed by atoms with Gasteiger partial charge in [0, 0.05) is 81.8 Å². The highest BCUT2D eigenvalue weighted by atomic mass is 16.5. The highest BCUT2D eigenvalue weighted by molar-refractivity contribution is 5.77. The molecule has 0 atom stereocenters. The molecule has 5 heterocycles. The van der Waals surface area contributed by atoms with E-state index >= 15 is 0 Å². The number of carbonyl (C=O) groups excluding carboxylic acids is 1. The van der Waals surface area contributed by atoms with Gasteiger partial charge in [-0.05, 0) is 18.2 Å². The van der Waals surface area contributed by atoms with Crippen LogP contribution in [0.4, 0.5) is 22.9 Å². The fourth-order valence-corrected chi connectivity index (χ4v) is 4.74. The number of fused-ring (bicyclic) bond motifs is 2. The summed E-state index contributed by atoms with van der Waals surface area (Å²) in [5.74, 6) is 2.09. The van der Waals surface area contributed by atoms with Gasteiger partial charge in [0.05, 0.1) is 24.2 Å². The molecule has 4 aromatic rings. The number of imidazole rings is 1. The third-order valence-corrected chi connectivity index (χ3v) is 6.69. The predicted molar refractivity (Wildman–Crippen MR) is 141 cm³/mol. The standard InChI is InChI=1S/C26H28N8O3/c1-17(35)32-8-10-33(11-9-32)22-4-3-19(14-23(22)36-2)30-24-25-28-5-7-34(25)16-21(31-24)18-13-20-26(29-15-18)37-12-6-27-20/h3-5,7,13-16,27H,6,8-12H2,1-2H3,(H,30,31). The van der Waals surface area contributed by atoms with E-state index in [0.29, 0.717) is 37.0 Å². The lowest BCUT2D eigenvalue weighted by atomic mass is 10.2. The summed E-state index contributed by atoms with van der Waals surface area (Å²) in [6, 6.07) is 8.00. The number of pyridine rings is 1. The molecule has 0 saturated carbocycles. The zero-order chi connectivity index (χ0) is 25.4. The SMILES string of the molecule is COc1cc(Nc2nc(-c3cnc4c(c3)NCCO4)cn3ccnc23)ccc1N1CCN(C(C)=O)CC1. The first-order valence-corrected chi connectivity index (χ1v) is 12.3. The molecule has 190 valence electrons. The molecule has 0 aliphatic carbocycles. The fraction of sp³-hybridized carbons (Fsp3) is 0.308. The summed E-state index contributed by atoms with van der Waals surface area (Å²) in [6.07, 6.45) is 7.34. The van der Waals surface area contributed by atoms with Crippen molar-refractivity contribution in [2.24, 2.45) is 0 Å². The highest BCUT2D eigenvalue weighted by Gasteiger charge is 2.22. The maximum absolute atomic E-state index is 11.7. The Kier molecular flexibility index (Phi) is 5.87. The molecule has 0 unspecified atom stereocenters. The molecular formula is C26H28N8O3. The summed E-state index contributed by atoms with van der Waals surface area (Å²) in [4.78, 5) is 29.6. The molecule has 6 rings (SSSR count). The van der Waals surface area contributed by atoms with Crippen molar-refractivity contribution < 1.29 is 14.3 Å². The molecule has 11 nitrogen and oxygen atoms in total. The number of aromatic nitrogens is 4. The Balaban J connectivity index is 1.29. The Morgan fingerprint density at radius 1 is 1.16 bits per heavy atom. The Hall–Kier alpha value is -4.54. The highest BCUT2D eigenvalue weighted by Crippen LogP contribution is 2.34. The molecule has 1 fully saturated rings. The predicted octanol–water partition coefficient (Wildman–Crippen LogP) is 3.02. The molecule has 11 heteroatoms. The average Bonchev–Trinajstić information content (AvgIpc) is 3.42. The van der Waals surface area contributed by atoms with Gasteiger partial charge in [-0.25, -0.2) is 15.0 Å². The molecule has 37 heavy (non-hydrogen) atoms. The number of amides is 1. The van der Waals surface area contributed by atoms with E-state index in [1.165, 1.54) is 0 Å². The monoisotopic (exact) mass is 500 g/mol. The minimum Gasteiger partial charge on any atom is -0.495 e. The van der Waals surface area contributed by atoms with Gasteiger partial charge in [0.25, 0.3) is 0 Å². The van der Waals surface area contributed by atoms with Crippen molar-refractivity contribution in [2.75, 3.05) is 62.0 Å². The number of ether oxygens (including phenoxy) is 2. The smallest absolute Gasteiger partial charge is 0.237 e. The third-order valence-electron chi connectivity index (χ3n) is 6.69. The van der Waals surface area contributed by atoms with Gasteiger partial charge in [0.2, 0.25) is 11.8 Å². The van der Waals surface area contributed by atoms with E-state index in [1.807, 2.05) is 46.0 Å². The minimum atomic E-state index is 0.113. The van der Waals surface area contributed by atoms with Crippen molar-refractivity contribution in [1.29, 1.82) is 0 Å². The number of benzene rings is 1. The molecule has 3 aromatic heterocycles. The summed E-state index contributed by atoms with van der Waals surface area (Å²) in [7, 11) is 1.67. The molecule has 1 aromatic carbocycles. The third kappa shape index (κ3) is 4.44. The van der Waals surface area contributed by atoms with Gasteiger partial charge in [0.1, 0.15) is 12.4 Å². The number of methoxy groups -OCH3 is 1. The first kappa shape index (κ1) is 22.9. The molecule has 2 N–H and O–H groups in total. The number of hydrogen-bond donors (Lipinski definition) is 2. The number of nitrogens with one attached hydrogen (secondary N) is 2. The molecule has 2 aliphatic heterocycles. The van der Waals surface area contributed by atoms with Crippen LogP contribution in [-0.2, 0) is 4.79 Å². The quantitative estimate of drug-likeness (QED) is 0.427. The summed E-state index contributed by atoms with van der Waals surface area (Å²) in [5.41, 5.74) is 5.01. The Labute approximate surface area is 214 Å². The van der Waals surface area contributed by atoms with Crippen molar-refractivity contribution >= 4 is 34.4 Å². The van der Waals surface area contributed by atoms with E-state index in [-0.39, 0.29) is 5.91 Å². The maximum Gasteiger partial charge on any atom is 0.237 e. The Morgan fingerprint density at radius 3 is 2.84 bits per heavy atom. The number of hydrogen-bond acceptors (Lipinski definition) is 9. The van der Waals surface area contributed by atoms with Crippen molar-refractivity contribution in [2.45, 2.75) is 6.92 Å². The summed E-state index contributed by atoms with van der Waals surface area (Å²) >= 11 is 0. The van der Waals surface area contributed by atoms with Crippen molar-refractivity contribution in [3.8, 4) is 22.9 Å². The van der Waals surface area contributed by atoms with Crippen LogP contribution < -0.4 is 25.0 Å². The fourth-order valence-electron chi connectivity index (χ4n) is 4.74. The van der Waals surface area contributed by atoms with E-state index in [0.717, 1.165) is 53.7 Å². The zero-order valence-corrected chi connectivity index (χ0v) is 20.8. The van der Waals surface area contributed by atoms with E-state index in [2.05, 4.69) is 25.5 Å². The van der Waals surface area contributed by atoms with Gasteiger partial charge in [0.15, 0.2) is 11.5 Å². The molecule has 2 aliphatic rings. The average molecular weight is 501 g/mol. The van der Waals surface area contributed by atoms with Crippen LogP contribution in [-0.4, -0.2) is 76.6 Å². The lowest BCUT2D eigenvalue weighted by Crippen LogP contribution is -2.48. The van der Waals surface area contributed by atoms with E-state index in [4.69, 9.17) is 14.5 Å². The number of anilines is 4. The van der Waals surface area contributed by atoms with Crippen molar-refractivity contribution in [3.63, 3.8) is 0 Å². The number of carbonyl (C=O) groups is 1. The first-order chi connectivity index (χ1) is 18.1.